The zero-order valence-electron chi connectivity index (χ0n) is 6.00. The van der Waals surface area contributed by atoms with Crippen LogP contribution in [0.2, 0.25) is 0 Å². The number of aliphatic hydroxyl groups is 1. The second kappa shape index (κ2) is 2.67. The zero-order chi connectivity index (χ0) is 6.85. The van der Waals surface area contributed by atoms with Crippen LogP contribution >= 0.6 is 0 Å². The quantitative estimate of drug-likeness (QED) is 0.568. The molecule has 54 valence electrons. The van der Waals surface area contributed by atoms with E-state index in [1.807, 2.05) is 0 Å². The van der Waals surface area contributed by atoms with Gasteiger partial charge >= 0.3 is 0 Å². The summed E-state index contributed by atoms with van der Waals surface area (Å²) in [5.41, 5.74) is 0. The van der Waals surface area contributed by atoms with E-state index < -0.39 is 0 Å². The van der Waals surface area contributed by atoms with Crippen LogP contribution in [0.5, 0.6) is 0 Å². The van der Waals surface area contributed by atoms with Crippen LogP contribution in [-0.2, 0) is 4.74 Å². The molecule has 2 atom stereocenters. The van der Waals surface area contributed by atoms with Crippen LogP contribution in [0.15, 0.2) is 0 Å². The standard InChI is InChI=1S/C7H14O2/c1-5(2)7-3-6(8)4-9-7/h5-8H,3-4H2,1-2H3. The van der Waals surface area contributed by atoms with E-state index in [1.54, 1.807) is 0 Å². The Kier molecular flexibility index (Phi) is 2.09. The van der Waals surface area contributed by atoms with E-state index in [0.717, 1.165) is 6.42 Å². The second-order valence-corrected chi connectivity index (χ2v) is 3.01. The van der Waals surface area contributed by atoms with Gasteiger partial charge in [-0.2, -0.15) is 0 Å². The largest absolute Gasteiger partial charge is 0.391 e. The van der Waals surface area contributed by atoms with Gasteiger partial charge in [0.15, 0.2) is 0 Å². The van der Waals surface area contributed by atoms with Crippen molar-refractivity contribution < 1.29 is 9.84 Å². The van der Waals surface area contributed by atoms with Crippen molar-refractivity contribution in [2.24, 2.45) is 5.92 Å². The summed E-state index contributed by atoms with van der Waals surface area (Å²) >= 11 is 0. The molecule has 2 heteroatoms. The molecule has 0 aliphatic carbocycles. The number of ether oxygens (including phenoxy) is 1. The minimum absolute atomic E-state index is 0.211. The van der Waals surface area contributed by atoms with Gasteiger partial charge in [0, 0.05) is 6.42 Å². The Balaban J connectivity index is 2.30. The summed E-state index contributed by atoms with van der Waals surface area (Å²) in [5, 5.41) is 9.02. The van der Waals surface area contributed by atoms with Gasteiger partial charge < -0.3 is 9.84 Å². The van der Waals surface area contributed by atoms with E-state index in [4.69, 9.17) is 9.84 Å². The molecule has 1 rings (SSSR count). The average molecular weight is 130 g/mol. The molecule has 0 aromatic carbocycles. The molecule has 0 aromatic heterocycles. The maximum Gasteiger partial charge on any atom is 0.0798 e. The zero-order valence-corrected chi connectivity index (χ0v) is 6.00. The lowest BCUT2D eigenvalue weighted by atomic mass is 10.0. The highest BCUT2D eigenvalue weighted by molar-refractivity contribution is 4.74. The summed E-state index contributed by atoms with van der Waals surface area (Å²) in [7, 11) is 0. The first-order valence-corrected chi connectivity index (χ1v) is 3.50. The van der Waals surface area contributed by atoms with Gasteiger partial charge in [-0.1, -0.05) is 13.8 Å². The number of rotatable bonds is 1. The first-order chi connectivity index (χ1) is 4.20. The number of hydrogen-bond donors (Lipinski definition) is 1. The van der Waals surface area contributed by atoms with Gasteiger partial charge in [0.1, 0.15) is 0 Å². The molecule has 0 amide bonds. The molecule has 1 aliphatic heterocycles. The Hall–Kier alpha value is -0.0800. The topological polar surface area (TPSA) is 29.5 Å². The number of aliphatic hydroxyl groups excluding tert-OH is 1. The highest BCUT2D eigenvalue weighted by Crippen LogP contribution is 2.19. The first kappa shape index (κ1) is 7.03. The SMILES string of the molecule is CC(C)C1CC(O)CO1. The van der Waals surface area contributed by atoms with Crippen molar-refractivity contribution in [1.82, 2.24) is 0 Å². The van der Waals surface area contributed by atoms with Crippen LogP contribution in [0.4, 0.5) is 0 Å². The van der Waals surface area contributed by atoms with Crippen molar-refractivity contribution >= 4 is 0 Å². The molecule has 0 saturated carbocycles. The third kappa shape index (κ3) is 1.66. The van der Waals surface area contributed by atoms with E-state index in [2.05, 4.69) is 13.8 Å². The van der Waals surface area contributed by atoms with Gasteiger partial charge in [0.05, 0.1) is 18.8 Å². The normalized spacial score (nSPS) is 36.0. The van der Waals surface area contributed by atoms with Crippen molar-refractivity contribution in [2.75, 3.05) is 6.61 Å². The Morgan fingerprint density at radius 3 is 2.44 bits per heavy atom. The lowest BCUT2D eigenvalue weighted by Gasteiger charge is -2.11. The van der Waals surface area contributed by atoms with Crippen molar-refractivity contribution in [3.8, 4) is 0 Å². The van der Waals surface area contributed by atoms with Crippen molar-refractivity contribution in [2.45, 2.75) is 32.5 Å². The van der Waals surface area contributed by atoms with Crippen LogP contribution in [0.3, 0.4) is 0 Å². The molecule has 1 aliphatic rings. The Morgan fingerprint density at radius 2 is 2.22 bits per heavy atom. The van der Waals surface area contributed by atoms with Crippen LogP contribution in [0, 0.1) is 5.92 Å². The highest BCUT2D eigenvalue weighted by atomic mass is 16.5. The molecule has 1 fully saturated rings. The molecule has 0 radical (unpaired) electrons. The molecule has 0 aromatic rings. The molecule has 2 unspecified atom stereocenters. The Bertz CT molecular complexity index is 90.9. The summed E-state index contributed by atoms with van der Waals surface area (Å²) in [6.07, 6.45) is 0.898. The molecule has 1 saturated heterocycles. The fourth-order valence-corrected chi connectivity index (χ4v) is 1.10. The van der Waals surface area contributed by atoms with E-state index >= 15 is 0 Å². The van der Waals surface area contributed by atoms with Crippen LogP contribution < -0.4 is 0 Å². The molecular weight excluding hydrogens is 116 g/mol. The monoisotopic (exact) mass is 130 g/mol. The summed E-state index contributed by atoms with van der Waals surface area (Å²) in [4.78, 5) is 0. The molecule has 1 heterocycles. The lowest BCUT2D eigenvalue weighted by molar-refractivity contribution is 0.0641. The van der Waals surface area contributed by atoms with Gasteiger partial charge in [-0.3, -0.25) is 0 Å². The molecule has 2 nitrogen and oxygen atoms in total. The van der Waals surface area contributed by atoms with E-state index in [-0.39, 0.29) is 6.10 Å². The van der Waals surface area contributed by atoms with Crippen molar-refractivity contribution in [3.05, 3.63) is 0 Å². The Labute approximate surface area is 55.8 Å². The molecular formula is C7H14O2. The number of hydrogen-bond acceptors (Lipinski definition) is 2. The predicted molar refractivity (Wildman–Crippen MR) is 35.2 cm³/mol. The van der Waals surface area contributed by atoms with Crippen LogP contribution in [-0.4, -0.2) is 23.9 Å². The maximum absolute atomic E-state index is 9.02. The van der Waals surface area contributed by atoms with Crippen molar-refractivity contribution in [1.29, 1.82) is 0 Å². The van der Waals surface area contributed by atoms with Crippen LogP contribution in [0.1, 0.15) is 20.3 Å². The fraction of sp³-hybridized carbons (Fsp3) is 1.00. The van der Waals surface area contributed by atoms with E-state index in [9.17, 15) is 0 Å². The second-order valence-electron chi connectivity index (χ2n) is 3.01. The third-order valence-electron chi connectivity index (χ3n) is 1.75. The minimum Gasteiger partial charge on any atom is -0.391 e. The van der Waals surface area contributed by atoms with Gasteiger partial charge in [0.25, 0.3) is 0 Å². The smallest absolute Gasteiger partial charge is 0.0798 e. The Morgan fingerprint density at radius 1 is 1.56 bits per heavy atom. The van der Waals surface area contributed by atoms with E-state index in [0.29, 0.717) is 18.6 Å². The van der Waals surface area contributed by atoms with Crippen LogP contribution in [0.25, 0.3) is 0 Å². The van der Waals surface area contributed by atoms with Gasteiger partial charge in [-0.15, -0.1) is 0 Å². The third-order valence-corrected chi connectivity index (χ3v) is 1.75. The summed E-state index contributed by atoms with van der Waals surface area (Å²) in [6, 6.07) is 0. The molecule has 9 heavy (non-hydrogen) atoms. The molecule has 1 N–H and O–H groups in total. The summed E-state index contributed by atoms with van der Waals surface area (Å²) in [5.74, 6) is 0.544. The first-order valence-electron chi connectivity index (χ1n) is 3.50. The van der Waals surface area contributed by atoms with Crippen molar-refractivity contribution in [3.63, 3.8) is 0 Å². The van der Waals surface area contributed by atoms with Gasteiger partial charge in [-0.25, -0.2) is 0 Å². The van der Waals surface area contributed by atoms with Gasteiger partial charge in [-0.05, 0) is 5.92 Å². The summed E-state index contributed by atoms with van der Waals surface area (Å²) < 4.78 is 5.28. The highest BCUT2D eigenvalue weighted by Gasteiger charge is 2.25. The summed E-state index contributed by atoms with van der Waals surface area (Å²) in [6.45, 7) is 4.76. The maximum atomic E-state index is 9.02. The minimum atomic E-state index is -0.211. The molecule has 0 bridgehead atoms. The van der Waals surface area contributed by atoms with Gasteiger partial charge in [0.2, 0.25) is 0 Å². The lowest BCUT2D eigenvalue weighted by Crippen LogP contribution is -2.13. The molecule has 0 spiro atoms. The van der Waals surface area contributed by atoms with E-state index in [1.165, 1.54) is 0 Å². The fourth-order valence-electron chi connectivity index (χ4n) is 1.10. The average Bonchev–Trinajstić information content (AvgIpc) is 2.14. The predicted octanol–water partition coefficient (Wildman–Crippen LogP) is 0.792.